The Labute approximate surface area is 217 Å². The number of guanidine groups is 1. The van der Waals surface area contributed by atoms with Gasteiger partial charge in [-0.2, -0.15) is 10.5 Å². The van der Waals surface area contributed by atoms with Crippen LogP contribution >= 0.6 is 11.3 Å². The lowest BCUT2D eigenvalue weighted by atomic mass is 9.83. The summed E-state index contributed by atoms with van der Waals surface area (Å²) in [5.74, 6) is -0.924. The standard InChI is InChI=1S/C27H22N6O3S/c1-32-24(34)21-14-33(26(35)36-15-17-5-3-2-4-6-17)16-27(21,31-25(32)30)23-8-7-22(37-23)20-10-18(12-28)9-19(11-20)13-29/h2-11,21H,14-16H2,1H3,(H2,30,31)/t21-,27-/m0/s1. The second kappa shape index (κ2) is 9.41. The molecule has 2 amide bonds. The van der Waals surface area contributed by atoms with E-state index >= 15 is 0 Å². The van der Waals surface area contributed by atoms with Crippen LogP contribution in [-0.4, -0.2) is 47.9 Å². The Balaban J connectivity index is 1.47. The van der Waals surface area contributed by atoms with E-state index in [1.54, 1.807) is 12.1 Å². The van der Waals surface area contributed by atoms with Crippen LogP contribution in [0, 0.1) is 34.0 Å². The number of nitriles is 2. The highest BCUT2D eigenvalue weighted by molar-refractivity contribution is 7.15. The third-order valence-corrected chi connectivity index (χ3v) is 8.04. The van der Waals surface area contributed by atoms with E-state index in [1.807, 2.05) is 42.5 Å². The Bertz CT molecular complexity index is 1460. The molecule has 184 valence electrons. The summed E-state index contributed by atoms with van der Waals surface area (Å²) in [7, 11) is 1.54. The molecule has 2 aliphatic heterocycles. The summed E-state index contributed by atoms with van der Waals surface area (Å²) < 4.78 is 5.54. The van der Waals surface area contributed by atoms with Gasteiger partial charge in [0.25, 0.3) is 0 Å². The smallest absolute Gasteiger partial charge is 0.410 e. The second-order valence-electron chi connectivity index (χ2n) is 9.00. The Morgan fingerprint density at radius 2 is 1.86 bits per heavy atom. The SMILES string of the molecule is CN1C(=N)N[C@@]2(c3ccc(-c4cc(C#N)cc(C#N)c4)s3)CN(C(=O)OCc3ccccc3)C[C@H]2C1=O. The van der Waals surface area contributed by atoms with Crippen LogP contribution in [0.1, 0.15) is 21.6 Å². The van der Waals surface area contributed by atoms with E-state index in [1.165, 1.54) is 34.3 Å². The highest BCUT2D eigenvalue weighted by Crippen LogP contribution is 2.45. The number of amides is 2. The number of carbonyl (C=O) groups is 2. The molecule has 37 heavy (non-hydrogen) atoms. The largest absolute Gasteiger partial charge is 0.445 e. The van der Waals surface area contributed by atoms with E-state index in [0.29, 0.717) is 16.7 Å². The van der Waals surface area contributed by atoms with Crippen molar-refractivity contribution in [2.24, 2.45) is 5.92 Å². The van der Waals surface area contributed by atoms with Crippen LogP contribution in [-0.2, 0) is 21.7 Å². The molecule has 2 fully saturated rings. The number of ether oxygens (including phenoxy) is 1. The summed E-state index contributed by atoms with van der Waals surface area (Å²) in [5, 5.41) is 30.3. The molecule has 0 radical (unpaired) electrons. The predicted molar refractivity (Wildman–Crippen MR) is 136 cm³/mol. The van der Waals surface area contributed by atoms with Gasteiger partial charge < -0.3 is 15.0 Å². The minimum Gasteiger partial charge on any atom is -0.445 e. The zero-order valence-corrected chi connectivity index (χ0v) is 20.7. The minimum atomic E-state index is -1.000. The van der Waals surface area contributed by atoms with Gasteiger partial charge in [0, 0.05) is 23.3 Å². The Kier molecular flexibility index (Phi) is 6.12. The van der Waals surface area contributed by atoms with Crippen LogP contribution in [0.5, 0.6) is 0 Å². The van der Waals surface area contributed by atoms with E-state index < -0.39 is 17.6 Å². The molecule has 2 saturated heterocycles. The molecule has 0 spiro atoms. The molecule has 2 aromatic carbocycles. The van der Waals surface area contributed by atoms with Crippen LogP contribution in [0.15, 0.2) is 60.7 Å². The van der Waals surface area contributed by atoms with Gasteiger partial charge in [-0.05, 0) is 41.5 Å². The maximum Gasteiger partial charge on any atom is 0.410 e. The lowest BCUT2D eigenvalue weighted by Gasteiger charge is -2.42. The van der Waals surface area contributed by atoms with E-state index in [4.69, 9.17) is 10.1 Å². The van der Waals surface area contributed by atoms with Crippen molar-refractivity contribution in [1.82, 2.24) is 15.1 Å². The molecule has 0 saturated carbocycles. The first-order valence-electron chi connectivity index (χ1n) is 11.5. The van der Waals surface area contributed by atoms with Gasteiger partial charge in [0.1, 0.15) is 12.1 Å². The van der Waals surface area contributed by atoms with E-state index in [9.17, 15) is 20.1 Å². The van der Waals surface area contributed by atoms with E-state index in [-0.39, 0.29) is 31.6 Å². The normalized spacial score (nSPS) is 20.6. The summed E-state index contributed by atoms with van der Waals surface area (Å²) in [5.41, 5.74) is 1.33. The van der Waals surface area contributed by atoms with E-state index in [0.717, 1.165) is 15.3 Å². The number of likely N-dealkylation sites (tertiary alicyclic amines) is 1. The number of carbonyl (C=O) groups excluding carboxylic acids is 2. The highest BCUT2D eigenvalue weighted by atomic mass is 32.1. The fourth-order valence-electron chi connectivity index (χ4n) is 4.80. The van der Waals surface area contributed by atoms with Crippen molar-refractivity contribution < 1.29 is 14.3 Å². The van der Waals surface area contributed by atoms with Crippen molar-refractivity contribution in [3.8, 4) is 22.6 Å². The van der Waals surface area contributed by atoms with Crippen molar-refractivity contribution in [1.29, 1.82) is 15.9 Å². The molecule has 2 aliphatic rings. The topological polar surface area (TPSA) is 133 Å². The fraction of sp³-hybridized carbons (Fsp3) is 0.222. The predicted octanol–water partition coefficient (Wildman–Crippen LogP) is 3.62. The Hall–Kier alpha value is -4.67. The third kappa shape index (κ3) is 4.28. The fourth-order valence-corrected chi connectivity index (χ4v) is 5.98. The number of nitrogens with zero attached hydrogens (tertiary/aromatic N) is 4. The molecular formula is C27H22N6O3S. The van der Waals surface area contributed by atoms with Gasteiger partial charge in [-0.1, -0.05) is 30.3 Å². The Morgan fingerprint density at radius 3 is 2.54 bits per heavy atom. The molecule has 10 heteroatoms. The average Bonchev–Trinajstić information content (AvgIpc) is 3.57. The molecule has 5 rings (SSSR count). The van der Waals surface area contributed by atoms with Gasteiger partial charge >= 0.3 is 6.09 Å². The number of rotatable bonds is 4. The van der Waals surface area contributed by atoms with Crippen molar-refractivity contribution in [3.63, 3.8) is 0 Å². The summed E-state index contributed by atoms with van der Waals surface area (Å²) in [6.45, 7) is 0.409. The summed E-state index contributed by atoms with van der Waals surface area (Å²) in [6.07, 6.45) is -0.529. The monoisotopic (exact) mass is 510 g/mol. The molecule has 2 N–H and O–H groups in total. The van der Waals surface area contributed by atoms with Gasteiger partial charge in [0.05, 0.1) is 35.7 Å². The zero-order chi connectivity index (χ0) is 26.2. The van der Waals surface area contributed by atoms with Crippen molar-refractivity contribution in [2.75, 3.05) is 20.1 Å². The lowest BCUT2D eigenvalue weighted by molar-refractivity contribution is -0.134. The van der Waals surface area contributed by atoms with Crippen LogP contribution in [0.25, 0.3) is 10.4 Å². The van der Waals surface area contributed by atoms with Gasteiger partial charge in [-0.15, -0.1) is 11.3 Å². The number of fused-ring (bicyclic) bond motifs is 1. The molecule has 3 aromatic rings. The van der Waals surface area contributed by atoms with Crippen LogP contribution in [0.4, 0.5) is 4.79 Å². The molecular weight excluding hydrogens is 488 g/mol. The van der Waals surface area contributed by atoms with Gasteiger partial charge in [-0.3, -0.25) is 15.1 Å². The Morgan fingerprint density at radius 1 is 1.16 bits per heavy atom. The van der Waals surface area contributed by atoms with Gasteiger partial charge in [0.2, 0.25) is 5.91 Å². The first-order valence-corrected chi connectivity index (χ1v) is 12.3. The average molecular weight is 511 g/mol. The number of hydrogen-bond acceptors (Lipinski definition) is 7. The van der Waals surface area contributed by atoms with E-state index in [2.05, 4.69) is 17.5 Å². The zero-order valence-electron chi connectivity index (χ0n) is 19.9. The van der Waals surface area contributed by atoms with Crippen molar-refractivity contribution in [2.45, 2.75) is 12.1 Å². The molecule has 9 nitrogen and oxygen atoms in total. The number of hydrogen-bond donors (Lipinski definition) is 2. The quantitative estimate of drug-likeness (QED) is 0.551. The highest BCUT2D eigenvalue weighted by Gasteiger charge is 2.58. The molecule has 0 bridgehead atoms. The number of thiophene rings is 1. The van der Waals surface area contributed by atoms with Crippen molar-refractivity contribution >= 4 is 29.3 Å². The minimum absolute atomic E-state index is 0.0473. The van der Waals surface area contributed by atoms with Gasteiger partial charge in [0.15, 0.2) is 5.96 Å². The van der Waals surface area contributed by atoms with Crippen LogP contribution < -0.4 is 5.32 Å². The molecule has 3 heterocycles. The molecule has 0 unspecified atom stereocenters. The first-order chi connectivity index (χ1) is 17.8. The summed E-state index contributed by atoms with van der Waals surface area (Å²) in [4.78, 5) is 30.6. The number of benzene rings is 2. The molecule has 1 aromatic heterocycles. The first kappa shape index (κ1) is 24.0. The lowest BCUT2D eigenvalue weighted by Crippen LogP contribution is -2.64. The molecule has 0 aliphatic carbocycles. The third-order valence-electron chi connectivity index (χ3n) is 6.73. The summed E-state index contributed by atoms with van der Waals surface area (Å²) >= 11 is 1.40. The van der Waals surface area contributed by atoms with Crippen LogP contribution in [0.3, 0.4) is 0 Å². The molecule has 2 atom stereocenters. The maximum absolute atomic E-state index is 13.3. The number of nitrogens with one attached hydrogen (secondary N) is 2. The summed E-state index contributed by atoms with van der Waals surface area (Å²) in [6, 6.07) is 22.2. The van der Waals surface area contributed by atoms with Crippen molar-refractivity contribution in [3.05, 3.63) is 82.2 Å². The maximum atomic E-state index is 13.3. The van der Waals surface area contributed by atoms with Gasteiger partial charge in [-0.25, -0.2) is 4.79 Å². The van der Waals surface area contributed by atoms with Crippen LogP contribution in [0.2, 0.25) is 0 Å². The second-order valence-corrected chi connectivity index (χ2v) is 10.1.